The highest BCUT2D eigenvalue weighted by Gasteiger charge is 2.44. The third-order valence-corrected chi connectivity index (χ3v) is 5.85. The number of rotatable bonds is 5. The van der Waals surface area contributed by atoms with Crippen molar-refractivity contribution >= 4 is 33.9 Å². The van der Waals surface area contributed by atoms with Crippen LogP contribution in [0.15, 0.2) is 59.3 Å². The van der Waals surface area contributed by atoms with E-state index in [0.29, 0.717) is 11.4 Å². The van der Waals surface area contributed by atoms with E-state index in [1.807, 2.05) is 54.4 Å². The van der Waals surface area contributed by atoms with Gasteiger partial charge in [-0.05, 0) is 23.9 Å². The van der Waals surface area contributed by atoms with E-state index in [0.717, 1.165) is 22.9 Å². The predicted octanol–water partition coefficient (Wildman–Crippen LogP) is 4.23. The molecule has 0 aliphatic carbocycles. The minimum Gasteiger partial charge on any atom is -0.503 e. The van der Waals surface area contributed by atoms with E-state index in [9.17, 15) is 14.7 Å². The highest BCUT2D eigenvalue weighted by Crippen LogP contribution is 2.42. The molecule has 6 heteroatoms. The molecule has 3 heterocycles. The maximum absolute atomic E-state index is 13.1. The summed E-state index contributed by atoms with van der Waals surface area (Å²) < 4.78 is 1.99. The van der Waals surface area contributed by atoms with Crippen molar-refractivity contribution in [2.45, 2.75) is 19.4 Å². The Hall–Kier alpha value is -2.86. The molecular weight excluding hydrogens is 360 g/mol. The average Bonchev–Trinajstić information content (AvgIpc) is 3.37. The minimum atomic E-state index is -0.585. The molecule has 1 aliphatic rings. The monoisotopic (exact) mass is 380 g/mol. The summed E-state index contributed by atoms with van der Waals surface area (Å²) in [5, 5.41) is 13.4. The lowest BCUT2D eigenvalue weighted by Gasteiger charge is -2.25. The third-order valence-electron chi connectivity index (χ3n) is 4.98. The Morgan fingerprint density at radius 3 is 2.70 bits per heavy atom. The minimum absolute atomic E-state index is 0.173. The maximum atomic E-state index is 13.1. The maximum Gasteiger partial charge on any atom is 0.290 e. The summed E-state index contributed by atoms with van der Waals surface area (Å²) in [5.41, 5.74) is 2.05. The van der Waals surface area contributed by atoms with Crippen LogP contribution in [0.25, 0.3) is 10.9 Å². The molecule has 0 radical (unpaired) electrons. The molecule has 0 saturated carbocycles. The number of hydrogen-bond donors (Lipinski definition) is 1. The Bertz CT molecular complexity index is 1060. The van der Waals surface area contributed by atoms with E-state index in [4.69, 9.17) is 0 Å². The van der Waals surface area contributed by atoms with E-state index in [2.05, 4.69) is 0 Å². The number of para-hydroxylation sites is 1. The Morgan fingerprint density at radius 2 is 2.00 bits per heavy atom. The number of amides is 1. The number of Topliss-reactive ketones (excluding diaryl/α,β-unsaturated/α-hetero) is 1. The first-order chi connectivity index (χ1) is 13.0. The van der Waals surface area contributed by atoms with E-state index in [-0.39, 0.29) is 11.4 Å². The fourth-order valence-corrected chi connectivity index (χ4v) is 4.49. The second kappa shape index (κ2) is 6.70. The second-order valence-corrected chi connectivity index (χ2v) is 7.63. The van der Waals surface area contributed by atoms with Gasteiger partial charge in [-0.25, -0.2) is 0 Å². The van der Waals surface area contributed by atoms with Crippen molar-refractivity contribution in [3.63, 3.8) is 0 Å². The molecule has 1 amide bonds. The largest absolute Gasteiger partial charge is 0.503 e. The number of aryl methyl sites for hydroxylation is 1. The fourth-order valence-electron chi connectivity index (χ4n) is 3.81. The number of hydrogen-bond acceptors (Lipinski definition) is 4. The highest BCUT2D eigenvalue weighted by atomic mass is 32.1. The zero-order valence-corrected chi connectivity index (χ0v) is 16.0. The number of thiophene rings is 1. The van der Waals surface area contributed by atoms with Crippen molar-refractivity contribution in [3.8, 4) is 0 Å². The van der Waals surface area contributed by atoms with Crippen LogP contribution in [0.3, 0.4) is 0 Å². The molecule has 0 fully saturated rings. The van der Waals surface area contributed by atoms with Crippen LogP contribution in [0.2, 0.25) is 0 Å². The van der Waals surface area contributed by atoms with Crippen LogP contribution in [0.1, 0.15) is 34.6 Å². The van der Waals surface area contributed by atoms with Crippen LogP contribution in [0, 0.1) is 0 Å². The van der Waals surface area contributed by atoms with Crippen molar-refractivity contribution in [2.24, 2.45) is 7.05 Å². The SMILES string of the molecule is CCCN1C(=O)C(O)=C(C(=O)c2cccs2)C1c1cn(C)c2ccccc12. The quantitative estimate of drug-likeness (QED) is 0.674. The topological polar surface area (TPSA) is 62.5 Å². The Labute approximate surface area is 161 Å². The first-order valence-corrected chi connectivity index (χ1v) is 9.78. The lowest BCUT2D eigenvalue weighted by Crippen LogP contribution is -2.31. The lowest BCUT2D eigenvalue weighted by molar-refractivity contribution is -0.129. The summed E-state index contributed by atoms with van der Waals surface area (Å²) in [6, 6.07) is 10.8. The average molecular weight is 380 g/mol. The first kappa shape index (κ1) is 17.5. The van der Waals surface area contributed by atoms with E-state index in [1.54, 1.807) is 17.0 Å². The molecule has 0 spiro atoms. The van der Waals surface area contributed by atoms with Gasteiger partial charge < -0.3 is 14.6 Å². The number of aliphatic hydroxyl groups excluding tert-OH is 1. The molecule has 1 N–H and O–H groups in total. The standard InChI is InChI=1S/C21H20N2O3S/c1-3-10-23-18(14-12-22(2)15-8-5-4-7-13(14)15)17(20(25)21(23)26)19(24)16-9-6-11-27-16/h4-9,11-12,18,25H,3,10H2,1-2H3. The van der Waals surface area contributed by atoms with Crippen molar-refractivity contribution in [2.75, 3.05) is 6.54 Å². The van der Waals surface area contributed by atoms with Gasteiger partial charge in [-0.3, -0.25) is 9.59 Å². The highest BCUT2D eigenvalue weighted by molar-refractivity contribution is 7.12. The molecule has 138 valence electrons. The molecule has 0 bridgehead atoms. The van der Waals surface area contributed by atoms with Crippen molar-refractivity contribution in [1.82, 2.24) is 9.47 Å². The summed E-state index contributed by atoms with van der Waals surface area (Å²) in [7, 11) is 1.94. The van der Waals surface area contributed by atoms with Gasteiger partial charge in [0.25, 0.3) is 5.91 Å². The molecule has 1 atom stereocenters. The predicted molar refractivity (Wildman–Crippen MR) is 106 cm³/mol. The number of aromatic nitrogens is 1. The molecule has 1 aliphatic heterocycles. The Balaban J connectivity index is 1.92. The number of carbonyl (C=O) groups excluding carboxylic acids is 2. The smallest absolute Gasteiger partial charge is 0.290 e. The zero-order chi connectivity index (χ0) is 19.1. The second-order valence-electron chi connectivity index (χ2n) is 6.68. The van der Waals surface area contributed by atoms with Gasteiger partial charge in [0, 0.05) is 36.3 Å². The van der Waals surface area contributed by atoms with Gasteiger partial charge in [-0.2, -0.15) is 0 Å². The van der Waals surface area contributed by atoms with E-state index < -0.39 is 17.7 Å². The van der Waals surface area contributed by atoms with Gasteiger partial charge >= 0.3 is 0 Å². The van der Waals surface area contributed by atoms with Gasteiger partial charge in [0.05, 0.1) is 16.5 Å². The van der Waals surface area contributed by atoms with Crippen molar-refractivity contribution < 1.29 is 14.7 Å². The molecular formula is C21H20N2O3S. The van der Waals surface area contributed by atoms with Crippen LogP contribution in [-0.4, -0.2) is 32.8 Å². The number of ketones is 1. The molecule has 2 aromatic heterocycles. The molecule has 27 heavy (non-hydrogen) atoms. The number of nitrogens with zero attached hydrogens (tertiary/aromatic N) is 2. The lowest BCUT2D eigenvalue weighted by atomic mass is 9.95. The summed E-state index contributed by atoms with van der Waals surface area (Å²) in [6.07, 6.45) is 2.69. The Kier molecular flexibility index (Phi) is 4.36. The van der Waals surface area contributed by atoms with E-state index >= 15 is 0 Å². The Morgan fingerprint density at radius 1 is 1.22 bits per heavy atom. The first-order valence-electron chi connectivity index (χ1n) is 8.90. The molecule has 4 rings (SSSR count). The number of fused-ring (bicyclic) bond motifs is 1. The van der Waals surface area contributed by atoms with Gasteiger partial charge in [-0.1, -0.05) is 31.2 Å². The summed E-state index contributed by atoms with van der Waals surface area (Å²) in [4.78, 5) is 28.0. The van der Waals surface area contributed by atoms with Crippen LogP contribution in [-0.2, 0) is 11.8 Å². The van der Waals surface area contributed by atoms with E-state index in [1.165, 1.54) is 11.3 Å². The molecule has 1 unspecified atom stereocenters. The van der Waals surface area contributed by atoms with Gasteiger partial charge in [0.2, 0.25) is 5.78 Å². The van der Waals surface area contributed by atoms with Gasteiger partial charge in [0.15, 0.2) is 5.76 Å². The number of aliphatic hydroxyl groups is 1. The van der Waals surface area contributed by atoms with Gasteiger partial charge in [0.1, 0.15) is 0 Å². The van der Waals surface area contributed by atoms with Crippen LogP contribution >= 0.6 is 11.3 Å². The van der Waals surface area contributed by atoms with Crippen molar-refractivity contribution in [1.29, 1.82) is 0 Å². The molecule has 5 nitrogen and oxygen atoms in total. The zero-order valence-electron chi connectivity index (χ0n) is 15.2. The van der Waals surface area contributed by atoms with Crippen LogP contribution < -0.4 is 0 Å². The third kappa shape index (κ3) is 2.68. The van der Waals surface area contributed by atoms with Crippen molar-refractivity contribution in [3.05, 3.63) is 69.7 Å². The summed E-state index contributed by atoms with van der Waals surface area (Å²) >= 11 is 1.31. The number of carbonyl (C=O) groups is 2. The van der Waals surface area contributed by atoms with Crippen LogP contribution in [0.5, 0.6) is 0 Å². The normalized spacial score (nSPS) is 17.3. The number of benzene rings is 1. The summed E-state index contributed by atoms with van der Waals surface area (Å²) in [5.74, 6) is -1.19. The fraction of sp³-hybridized carbons (Fsp3) is 0.238. The molecule has 3 aromatic rings. The summed E-state index contributed by atoms with van der Waals surface area (Å²) in [6.45, 7) is 2.45. The van der Waals surface area contributed by atoms with Gasteiger partial charge in [-0.15, -0.1) is 11.3 Å². The molecule has 1 aromatic carbocycles. The molecule has 0 saturated heterocycles. The van der Waals surface area contributed by atoms with Crippen LogP contribution in [0.4, 0.5) is 0 Å².